The molecule has 390 valence electrons. The molecule has 0 saturated carbocycles. The smallest absolute Gasteiger partial charge is 0.268 e. The van der Waals surface area contributed by atoms with E-state index in [4.69, 9.17) is 9.05 Å². The number of amides is 1. The number of nitrogens with one attached hydrogen (secondary N) is 1. The highest BCUT2D eigenvalue weighted by Gasteiger charge is 2.23. The molecule has 0 aliphatic heterocycles. The molecule has 0 aromatic carbocycles. The fourth-order valence-electron chi connectivity index (χ4n) is 8.34. The van der Waals surface area contributed by atoms with Crippen molar-refractivity contribution in [3.05, 3.63) is 36.5 Å². The summed E-state index contributed by atoms with van der Waals surface area (Å²) < 4.78 is 23.3. The third-order valence-corrected chi connectivity index (χ3v) is 13.8. The van der Waals surface area contributed by atoms with Gasteiger partial charge in [0.2, 0.25) is 5.91 Å². The SMILES string of the molecule is CCCCCCCCC/C=C\CCCCCCCCCC(=O)NC(COP(=O)([O-])OCC[N+](C)(C)C)C(O)/C=C/CC/C=C/CCCCCCCCCCCCCCCCCCCCCC. The zero-order chi connectivity index (χ0) is 48.5. The predicted octanol–water partition coefficient (Wildman–Crippen LogP) is 16.4. The minimum atomic E-state index is -4.60. The van der Waals surface area contributed by atoms with Crippen molar-refractivity contribution in [2.75, 3.05) is 40.9 Å². The summed E-state index contributed by atoms with van der Waals surface area (Å²) in [6, 6.07) is -0.905. The molecule has 3 atom stereocenters. The second kappa shape index (κ2) is 48.7. The second-order valence-electron chi connectivity index (χ2n) is 20.6. The van der Waals surface area contributed by atoms with E-state index in [1.807, 2.05) is 27.2 Å². The van der Waals surface area contributed by atoms with Gasteiger partial charge in [-0.2, -0.15) is 0 Å². The molecular weight excluding hydrogens is 840 g/mol. The van der Waals surface area contributed by atoms with Gasteiger partial charge in [0.15, 0.2) is 0 Å². The summed E-state index contributed by atoms with van der Waals surface area (Å²) in [7, 11) is 1.25. The van der Waals surface area contributed by atoms with Gasteiger partial charge in [-0.3, -0.25) is 9.36 Å². The molecule has 0 aromatic heterocycles. The van der Waals surface area contributed by atoms with E-state index in [2.05, 4.69) is 43.5 Å². The van der Waals surface area contributed by atoms with Crippen molar-refractivity contribution in [2.24, 2.45) is 0 Å². The third kappa shape index (κ3) is 50.6. The van der Waals surface area contributed by atoms with Gasteiger partial charge in [-0.15, -0.1) is 0 Å². The van der Waals surface area contributed by atoms with Crippen LogP contribution in [0.4, 0.5) is 0 Å². The molecule has 0 rings (SSSR count). The van der Waals surface area contributed by atoms with Crippen molar-refractivity contribution in [2.45, 2.75) is 283 Å². The molecule has 8 nitrogen and oxygen atoms in total. The van der Waals surface area contributed by atoms with Crippen LogP contribution in [0.2, 0.25) is 0 Å². The highest BCUT2D eigenvalue weighted by atomic mass is 31.2. The topological polar surface area (TPSA) is 108 Å². The average Bonchev–Trinajstić information content (AvgIpc) is 3.28. The lowest BCUT2D eigenvalue weighted by Gasteiger charge is -2.29. The van der Waals surface area contributed by atoms with Gasteiger partial charge in [-0.05, 0) is 57.8 Å². The molecule has 9 heteroatoms. The minimum absolute atomic E-state index is 0.00667. The Morgan fingerprint density at radius 3 is 1.23 bits per heavy atom. The zero-order valence-corrected chi connectivity index (χ0v) is 45.3. The zero-order valence-electron chi connectivity index (χ0n) is 44.4. The van der Waals surface area contributed by atoms with Crippen LogP contribution in [0.25, 0.3) is 0 Å². The summed E-state index contributed by atoms with van der Waals surface area (Å²) in [5.41, 5.74) is 0. The van der Waals surface area contributed by atoms with E-state index in [1.165, 1.54) is 212 Å². The number of likely N-dealkylation sites (N-methyl/N-ethyl adjacent to an activating group) is 1. The van der Waals surface area contributed by atoms with E-state index in [0.717, 1.165) is 38.5 Å². The number of carbonyl (C=O) groups excluding carboxylic acids is 1. The van der Waals surface area contributed by atoms with Crippen molar-refractivity contribution >= 4 is 13.7 Å². The van der Waals surface area contributed by atoms with Crippen LogP contribution in [0.1, 0.15) is 271 Å². The molecule has 0 aliphatic carbocycles. The normalized spacial score (nSPS) is 14.2. The molecule has 0 fully saturated rings. The summed E-state index contributed by atoms with van der Waals surface area (Å²) in [5.74, 6) is -0.209. The Hall–Kier alpha value is -1.28. The Bertz CT molecular complexity index is 1170. The van der Waals surface area contributed by atoms with Crippen molar-refractivity contribution in [1.82, 2.24) is 5.32 Å². The van der Waals surface area contributed by atoms with E-state index in [1.54, 1.807) is 6.08 Å². The van der Waals surface area contributed by atoms with Crippen LogP contribution < -0.4 is 10.2 Å². The van der Waals surface area contributed by atoms with Gasteiger partial charge >= 0.3 is 0 Å². The van der Waals surface area contributed by atoms with Crippen molar-refractivity contribution in [1.29, 1.82) is 0 Å². The van der Waals surface area contributed by atoms with E-state index in [0.29, 0.717) is 17.4 Å². The Kier molecular flexibility index (Phi) is 47.8. The molecule has 0 aromatic rings. The van der Waals surface area contributed by atoms with E-state index >= 15 is 0 Å². The maximum absolute atomic E-state index is 12.9. The lowest BCUT2D eigenvalue weighted by atomic mass is 10.0. The molecule has 2 N–H and O–H groups in total. The fraction of sp³-hybridized carbons (Fsp3) is 0.877. The molecule has 0 spiro atoms. The molecule has 0 heterocycles. The number of hydrogen-bond donors (Lipinski definition) is 2. The minimum Gasteiger partial charge on any atom is -0.756 e. The number of carbonyl (C=O) groups is 1. The van der Waals surface area contributed by atoms with Crippen LogP contribution in [0.3, 0.4) is 0 Å². The van der Waals surface area contributed by atoms with Gasteiger partial charge < -0.3 is 28.8 Å². The van der Waals surface area contributed by atoms with E-state index < -0.39 is 26.6 Å². The fourth-order valence-corrected chi connectivity index (χ4v) is 9.06. The summed E-state index contributed by atoms with van der Waals surface area (Å²) in [6.45, 7) is 4.65. The van der Waals surface area contributed by atoms with Gasteiger partial charge in [0.25, 0.3) is 7.82 Å². The number of nitrogens with zero attached hydrogens (tertiary/aromatic N) is 1. The first-order valence-electron chi connectivity index (χ1n) is 28.4. The number of rotatable bonds is 52. The standard InChI is InChI=1S/C57H111N2O6P/c1-6-8-10-12-14-16-18-20-22-24-26-27-28-29-30-31-32-33-34-36-38-40-42-44-46-48-50-56(60)55(54-65-66(62,63)64-53-52-59(3,4)5)58-57(61)51-49-47-45-43-41-39-37-35-25-23-21-19-17-15-13-11-9-7-2/h23,25,40,42,48,50,55-56,60H,6-22,24,26-39,41,43-47,49,51-54H2,1-5H3,(H-,58,61,62,63)/b25-23-,42-40+,50-48+. The number of quaternary nitrogens is 1. The Morgan fingerprint density at radius 2 is 0.848 bits per heavy atom. The van der Waals surface area contributed by atoms with Gasteiger partial charge in [0, 0.05) is 6.42 Å². The summed E-state index contributed by atoms with van der Waals surface area (Å²) in [5, 5.41) is 13.9. The van der Waals surface area contributed by atoms with Crippen molar-refractivity contribution < 1.29 is 32.9 Å². The first-order valence-corrected chi connectivity index (χ1v) is 29.8. The molecule has 0 radical (unpaired) electrons. The number of hydrogen-bond acceptors (Lipinski definition) is 6. The highest BCUT2D eigenvalue weighted by Crippen LogP contribution is 2.38. The molecule has 0 bridgehead atoms. The average molecular weight is 951 g/mol. The maximum Gasteiger partial charge on any atom is 0.268 e. The molecule has 3 unspecified atom stereocenters. The number of unbranched alkanes of at least 4 members (excludes halogenated alkanes) is 35. The lowest BCUT2D eigenvalue weighted by Crippen LogP contribution is -2.45. The Morgan fingerprint density at radius 1 is 0.515 bits per heavy atom. The Labute approximate surface area is 410 Å². The summed E-state index contributed by atoms with van der Waals surface area (Å²) >= 11 is 0. The lowest BCUT2D eigenvalue weighted by molar-refractivity contribution is -0.870. The number of aliphatic hydroxyl groups excluding tert-OH is 1. The Balaban J connectivity index is 4.25. The molecule has 0 saturated heterocycles. The molecule has 0 aliphatic rings. The first kappa shape index (κ1) is 64.7. The van der Waals surface area contributed by atoms with Gasteiger partial charge in [0.05, 0.1) is 39.9 Å². The van der Waals surface area contributed by atoms with Gasteiger partial charge in [-0.1, -0.05) is 243 Å². The third-order valence-electron chi connectivity index (χ3n) is 12.8. The summed E-state index contributed by atoms with van der Waals surface area (Å²) in [6.07, 6.45) is 62.2. The van der Waals surface area contributed by atoms with Crippen molar-refractivity contribution in [3.8, 4) is 0 Å². The van der Waals surface area contributed by atoms with Crippen LogP contribution in [0.5, 0.6) is 0 Å². The highest BCUT2D eigenvalue weighted by molar-refractivity contribution is 7.45. The molecule has 66 heavy (non-hydrogen) atoms. The number of phosphoric acid groups is 1. The number of phosphoric ester groups is 1. The van der Waals surface area contributed by atoms with E-state index in [9.17, 15) is 19.4 Å². The monoisotopic (exact) mass is 951 g/mol. The predicted molar refractivity (Wildman–Crippen MR) is 284 cm³/mol. The van der Waals surface area contributed by atoms with Crippen molar-refractivity contribution in [3.63, 3.8) is 0 Å². The quantitative estimate of drug-likeness (QED) is 0.0272. The van der Waals surface area contributed by atoms with Gasteiger partial charge in [-0.25, -0.2) is 0 Å². The van der Waals surface area contributed by atoms with Crippen LogP contribution >= 0.6 is 7.82 Å². The molecule has 1 amide bonds. The van der Waals surface area contributed by atoms with E-state index in [-0.39, 0.29) is 12.5 Å². The number of aliphatic hydroxyl groups is 1. The van der Waals surface area contributed by atoms with Crippen LogP contribution in [0.15, 0.2) is 36.5 Å². The van der Waals surface area contributed by atoms with Gasteiger partial charge in [0.1, 0.15) is 13.2 Å². The molecular formula is C57H111N2O6P. The largest absolute Gasteiger partial charge is 0.756 e. The summed E-state index contributed by atoms with van der Waals surface area (Å²) in [4.78, 5) is 25.5. The number of allylic oxidation sites excluding steroid dienone is 5. The second-order valence-corrected chi connectivity index (χ2v) is 22.0. The maximum atomic E-state index is 12.9. The van der Waals surface area contributed by atoms with Crippen LogP contribution in [-0.2, 0) is 18.4 Å². The van der Waals surface area contributed by atoms with Crippen LogP contribution in [-0.4, -0.2) is 68.5 Å². The van der Waals surface area contributed by atoms with Crippen LogP contribution in [0, 0.1) is 0 Å². The first-order chi connectivity index (χ1) is 32.0.